The number of nitrogens with zero attached hydrogens (tertiary/aromatic N) is 1. The number of carbonyl (C=O) groups is 1. The highest BCUT2D eigenvalue weighted by molar-refractivity contribution is 9.10. The molecule has 0 unspecified atom stereocenters. The number of amides is 1. The van der Waals surface area contributed by atoms with E-state index in [-0.39, 0.29) is 5.91 Å². The van der Waals surface area contributed by atoms with Gasteiger partial charge in [-0.1, -0.05) is 28.1 Å². The summed E-state index contributed by atoms with van der Waals surface area (Å²) in [4.78, 5) is 11.6. The molecular formula is C13H11BrN2O2. The smallest absolute Gasteiger partial charge is 0.244 e. The van der Waals surface area contributed by atoms with Gasteiger partial charge in [0.2, 0.25) is 5.91 Å². The van der Waals surface area contributed by atoms with Gasteiger partial charge < -0.3 is 4.42 Å². The summed E-state index contributed by atoms with van der Waals surface area (Å²) in [6, 6.07) is 11.1. The van der Waals surface area contributed by atoms with E-state index >= 15 is 0 Å². The Balaban J connectivity index is 1.84. The second kappa shape index (κ2) is 6.16. The molecule has 2 rings (SSSR count). The van der Waals surface area contributed by atoms with Gasteiger partial charge in [0.1, 0.15) is 5.76 Å². The van der Waals surface area contributed by atoms with Crippen LogP contribution in [0.2, 0.25) is 0 Å². The maximum absolute atomic E-state index is 11.6. The lowest BCUT2D eigenvalue weighted by Gasteiger charge is -2.00. The number of hydrogen-bond donors (Lipinski definition) is 1. The minimum atomic E-state index is -0.167. The van der Waals surface area contributed by atoms with Crippen LogP contribution >= 0.6 is 15.9 Å². The lowest BCUT2D eigenvalue weighted by molar-refractivity contribution is -0.120. The van der Waals surface area contributed by atoms with Gasteiger partial charge >= 0.3 is 0 Å². The minimum Gasteiger partial charge on any atom is -0.463 e. The van der Waals surface area contributed by atoms with Gasteiger partial charge in [-0.25, -0.2) is 5.43 Å². The molecule has 0 radical (unpaired) electrons. The van der Waals surface area contributed by atoms with Crippen LogP contribution in [-0.4, -0.2) is 12.1 Å². The van der Waals surface area contributed by atoms with Gasteiger partial charge in [-0.3, -0.25) is 4.79 Å². The Labute approximate surface area is 113 Å². The summed E-state index contributed by atoms with van der Waals surface area (Å²) in [5, 5.41) is 3.80. The monoisotopic (exact) mass is 306 g/mol. The molecule has 18 heavy (non-hydrogen) atoms. The van der Waals surface area contributed by atoms with Crippen LogP contribution < -0.4 is 5.43 Å². The third-order valence-corrected chi connectivity index (χ3v) is 2.73. The van der Waals surface area contributed by atoms with Crippen LogP contribution in [0.4, 0.5) is 0 Å². The first-order valence-corrected chi connectivity index (χ1v) is 6.13. The maximum Gasteiger partial charge on any atom is 0.244 e. The van der Waals surface area contributed by atoms with Crippen LogP contribution in [0.3, 0.4) is 0 Å². The van der Waals surface area contributed by atoms with E-state index in [1.54, 1.807) is 18.4 Å². The third-order valence-electron chi connectivity index (χ3n) is 2.20. The van der Waals surface area contributed by atoms with Gasteiger partial charge in [0.25, 0.3) is 0 Å². The van der Waals surface area contributed by atoms with Crippen molar-refractivity contribution in [1.29, 1.82) is 0 Å². The van der Waals surface area contributed by atoms with E-state index in [1.165, 1.54) is 6.21 Å². The van der Waals surface area contributed by atoms with Crippen molar-refractivity contribution in [3.8, 4) is 0 Å². The van der Waals surface area contributed by atoms with Gasteiger partial charge in [-0.2, -0.15) is 5.10 Å². The third kappa shape index (κ3) is 3.85. The molecule has 2 aromatic rings. The first kappa shape index (κ1) is 12.6. The van der Waals surface area contributed by atoms with E-state index in [9.17, 15) is 4.79 Å². The summed E-state index contributed by atoms with van der Waals surface area (Å²) in [7, 11) is 0. The number of hydrazone groups is 1. The van der Waals surface area contributed by atoms with Crippen LogP contribution in [0.5, 0.6) is 0 Å². The van der Waals surface area contributed by atoms with Crippen molar-refractivity contribution in [3.63, 3.8) is 0 Å². The molecule has 92 valence electrons. The van der Waals surface area contributed by atoms with Crippen molar-refractivity contribution in [3.05, 3.63) is 58.5 Å². The highest BCUT2D eigenvalue weighted by Gasteiger charge is 2.01. The topological polar surface area (TPSA) is 54.6 Å². The molecule has 5 heteroatoms. The van der Waals surface area contributed by atoms with Crippen LogP contribution in [0.25, 0.3) is 0 Å². The highest BCUT2D eigenvalue weighted by atomic mass is 79.9. The quantitative estimate of drug-likeness (QED) is 0.697. The first-order valence-electron chi connectivity index (χ1n) is 5.34. The second-order valence-corrected chi connectivity index (χ2v) is 4.53. The molecule has 0 spiro atoms. The number of hydrogen-bond acceptors (Lipinski definition) is 3. The molecular weight excluding hydrogens is 296 g/mol. The number of furan rings is 1. The number of carbonyl (C=O) groups excluding carboxylic acids is 1. The Morgan fingerprint density at radius 3 is 2.78 bits per heavy atom. The predicted molar refractivity (Wildman–Crippen MR) is 72.3 cm³/mol. The van der Waals surface area contributed by atoms with E-state index in [4.69, 9.17) is 4.42 Å². The molecule has 0 saturated carbocycles. The molecule has 4 nitrogen and oxygen atoms in total. The molecule has 1 amide bonds. The van der Waals surface area contributed by atoms with Crippen molar-refractivity contribution in [2.24, 2.45) is 5.10 Å². The van der Waals surface area contributed by atoms with Crippen LogP contribution in [0.1, 0.15) is 11.3 Å². The number of rotatable bonds is 4. The number of halogens is 1. The van der Waals surface area contributed by atoms with Crippen LogP contribution in [0, 0.1) is 0 Å². The summed E-state index contributed by atoms with van der Waals surface area (Å²) >= 11 is 3.34. The van der Waals surface area contributed by atoms with Gasteiger partial charge in [-0.05, 0) is 29.8 Å². The van der Waals surface area contributed by atoms with Crippen LogP contribution in [0.15, 0.2) is 56.7 Å². The van der Waals surface area contributed by atoms with Crippen molar-refractivity contribution < 1.29 is 9.21 Å². The summed E-state index contributed by atoms with van der Waals surface area (Å²) in [5.74, 6) is 0.430. The van der Waals surface area contributed by atoms with Crippen molar-refractivity contribution >= 4 is 28.1 Å². The zero-order valence-corrected chi connectivity index (χ0v) is 11.1. The van der Waals surface area contributed by atoms with Crippen LogP contribution in [-0.2, 0) is 11.2 Å². The fourth-order valence-corrected chi connectivity index (χ4v) is 1.62. The molecule has 1 N–H and O–H groups in total. The van der Waals surface area contributed by atoms with E-state index in [0.717, 1.165) is 10.0 Å². The summed E-state index contributed by atoms with van der Waals surface area (Å²) < 4.78 is 6.03. The van der Waals surface area contributed by atoms with E-state index in [1.807, 2.05) is 24.3 Å². The lowest BCUT2D eigenvalue weighted by Crippen LogP contribution is -2.19. The minimum absolute atomic E-state index is 0.167. The molecule has 0 fully saturated rings. The van der Waals surface area contributed by atoms with Crippen molar-refractivity contribution in [2.45, 2.75) is 6.42 Å². The Kier molecular flexibility index (Phi) is 4.30. The number of nitrogens with one attached hydrogen (secondary N) is 1. The molecule has 1 aromatic heterocycles. The second-order valence-electron chi connectivity index (χ2n) is 3.61. The number of benzene rings is 1. The maximum atomic E-state index is 11.6. The Morgan fingerprint density at radius 1 is 1.33 bits per heavy atom. The van der Waals surface area contributed by atoms with Gasteiger partial charge in [0, 0.05) is 4.47 Å². The lowest BCUT2D eigenvalue weighted by atomic mass is 10.1. The average Bonchev–Trinajstić information content (AvgIpc) is 2.85. The largest absolute Gasteiger partial charge is 0.463 e. The Hall–Kier alpha value is -1.88. The Bertz CT molecular complexity index is 533. The SMILES string of the molecule is O=C(Cc1ccc(Br)cc1)NN=Cc1ccco1. The fourth-order valence-electron chi connectivity index (χ4n) is 1.36. The molecule has 0 aliphatic rings. The predicted octanol–water partition coefficient (Wildman–Crippen LogP) is 2.73. The molecule has 0 aliphatic heterocycles. The summed E-state index contributed by atoms with van der Waals surface area (Å²) in [5.41, 5.74) is 3.38. The average molecular weight is 307 g/mol. The van der Waals surface area contributed by atoms with E-state index in [2.05, 4.69) is 26.5 Å². The molecule has 0 saturated heterocycles. The summed E-state index contributed by atoms with van der Waals surface area (Å²) in [6.45, 7) is 0. The standard InChI is InChI=1S/C13H11BrN2O2/c14-11-5-3-10(4-6-11)8-13(17)16-15-9-12-2-1-7-18-12/h1-7,9H,8H2,(H,16,17). The Morgan fingerprint density at radius 2 is 2.11 bits per heavy atom. The molecule has 1 heterocycles. The van der Waals surface area contributed by atoms with E-state index in [0.29, 0.717) is 12.2 Å². The van der Waals surface area contributed by atoms with Crippen molar-refractivity contribution in [1.82, 2.24) is 5.43 Å². The molecule has 0 aliphatic carbocycles. The highest BCUT2D eigenvalue weighted by Crippen LogP contribution is 2.10. The normalized spacial score (nSPS) is 10.7. The molecule has 0 bridgehead atoms. The summed E-state index contributed by atoms with van der Waals surface area (Å²) in [6.07, 6.45) is 3.30. The van der Waals surface area contributed by atoms with Gasteiger partial charge in [0.15, 0.2) is 0 Å². The van der Waals surface area contributed by atoms with Gasteiger partial charge in [0.05, 0.1) is 18.9 Å². The van der Waals surface area contributed by atoms with Gasteiger partial charge in [-0.15, -0.1) is 0 Å². The van der Waals surface area contributed by atoms with Crippen molar-refractivity contribution in [2.75, 3.05) is 0 Å². The zero-order chi connectivity index (χ0) is 12.8. The fraction of sp³-hybridized carbons (Fsp3) is 0.0769. The zero-order valence-electron chi connectivity index (χ0n) is 9.47. The first-order chi connectivity index (χ1) is 8.74. The molecule has 0 atom stereocenters. The molecule has 1 aromatic carbocycles. The van der Waals surface area contributed by atoms with E-state index < -0.39 is 0 Å².